The summed E-state index contributed by atoms with van der Waals surface area (Å²) in [7, 11) is 0. The zero-order valence-electron chi connectivity index (χ0n) is 12.3. The molecule has 1 heterocycles. The molecule has 1 saturated heterocycles. The van der Waals surface area contributed by atoms with Gasteiger partial charge >= 0.3 is 12.1 Å². The molecule has 6 nitrogen and oxygen atoms in total. The summed E-state index contributed by atoms with van der Waals surface area (Å²) in [5.41, 5.74) is -0.151. The lowest BCUT2D eigenvalue weighted by Crippen LogP contribution is -2.47. The van der Waals surface area contributed by atoms with Crippen molar-refractivity contribution in [2.24, 2.45) is 0 Å². The minimum atomic E-state index is -1.09. The Labute approximate surface area is 123 Å². The summed E-state index contributed by atoms with van der Waals surface area (Å²) in [5, 5.41) is 9.12. The minimum absolute atomic E-state index is 0.136. The molecule has 1 aliphatic rings. The fourth-order valence-electron chi connectivity index (χ4n) is 2.52. The minimum Gasteiger partial charge on any atom is -0.479 e. The molecule has 1 aromatic carbocycles. The van der Waals surface area contributed by atoms with Crippen molar-refractivity contribution < 1.29 is 24.2 Å². The van der Waals surface area contributed by atoms with Crippen molar-refractivity contribution in [2.45, 2.75) is 45.2 Å². The standard InChI is InChI=1S/C15H19NO5/c1-10-12(13(17)18)21-15(2,3)16(10)14(19)20-9-11-7-5-4-6-8-11/h4-8,10,12H,9H2,1-3H3,(H,17,18)/t10-,12-/m0/s1. The van der Waals surface area contributed by atoms with E-state index in [1.54, 1.807) is 20.8 Å². The first-order chi connectivity index (χ1) is 9.83. The molecule has 21 heavy (non-hydrogen) atoms. The van der Waals surface area contributed by atoms with Gasteiger partial charge in [-0.2, -0.15) is 0 Å². The smallest absolute Gasteiger partial charge is 0.412 e. The summed E-state index contributed by atoms with van der Waals surface area (Å²) in [6.45, 7) is 5.07. The second-order valence-corrected chi connectivity index (χ2v) is 5.47. The number of carboxylic acid groups (broad SMARTS) is 1. The molecule has 1 amide bonds. The van der Waals surface area contributed by atoms with E-state index in [1.165, 1.54) is 4.90 Å². The lowest BCUT2D eigenvalue weighted by molar-refractivity contribution is -0.154. The number of ether oxygens (including phenoxy) is 2. The molecule has 0 bridgehead atoms. The van der Waals surface area contributed by atoms with E-state index in [0.717, 1.165) is 5.56 Å². The first-order valence-corrected chi connectivity index (χ1v) is 6.73. The van der Waals surface area contributed by atoms with Crippen LogP contribution < -0.4 is 0 Å². The number of carboxylic acids is 1. The van der Waals surface area contributed by atoms with E-state index in [4.69, 9.17) is 14.6 Å². The van der Waals surface area contributed by atoms with E-state index in [9.17, 15) is 9.59 Å². The molecule has 1 aliphatic heterocycles. The Morgan fingerprint density at radius 1 is 1.33 bits per heavy atom. The Bertz CT molecular complexity index is 528. The topological polar surface area (TPSA) is 76.1 Å². The molecule has 1 N–H and O–H groups in total. The fourth-order valence-corrected chi connectivity index (χ4v) is 2.52. The number of aliphatic carboxylic acids is 1. The predicted octanol–water partition coefficient (Wildman–Crippen LogP) is 2.23. The molecule has 0 aromatic heterocycles. The highest BCUT2D eigenvalue weighted by molar-refractivity contribution is 5.77. The van der Waals surface area contributed by atoms with Gasteiger partial charge in [0.15, 0.2) is 6.10 Å². The molecule has 1 aromatic rings. The van der Waals surface area contributed by atoms with Crippen LogP contribution in [0.1, 0.15) is 26.3 Å². The molecule has 0 spiro atoms. The van der Waals surface area contributed by atoms with Gasteiger partial charge in [0.1, 0.15) is 12.3 Å². The fraction of sp³-hybridized carbons (Fsp3) is 0.467. The maximum Gasteiger partial charge on any atom is 0.412 e. The molecule has 2 atom stereocenters. The Morgan fingerprint density at radius 2 is 1.95 bits per heavy atom. The van der Waals surface area contributed by atoms with Gasteiger partial charge in [-0.15, -0.1) is 0 Å². The summed E-state index contributed by atoms with van der Waals surface area (Å²) in [4.78, 5) is 24.7. The van der Waals surface area contributed by atoms with Crippen LogP contribution in [0.4, 0.5) is 4.79 Å². The molecule has 2 rings (SSSR count). The van der Waals surface area contributed by atoms with Crippen LogP contribution in [0.5, 0.6) is 0 Å². The number of carbonyl (C=O) groups is 2. The van der Waals surface area contributed by atoms with Crippen LogP contribution >= 0.6 is 0 Å². The van der Waals surface area contributed by atoms with Gasteiger partial charge in [-0.3, -0.25) is 4.90 Å². The Hall–Kier alpha value is -2.08. The molecule has 1 fully saturated rings. The Kier molecular flexibility index (Phi) is 4.18. The largest absolute Gasteiger partial charge is 0.479 e. The van der Waals surface area contributed by atoms with Crippen LogP contribution in [0, 0.1) is 0 Å². The molecule has 114 valence electrons. The van der Waals surface area contributed by atoms with E-state index in [1.807, 2.05) is 30.3 Å². The second kappa shape index (κ2) is 5.73. The van der Waals surface area contributed by atoms with Crippen molar-refractivity contribution in [3.8, 4) is 0 Å². The predicted molar refractivity (Wildman–Crippen MR) is 74.5 cm³/mol. The van der Waals surface area contributed by atoms with E-state index in [-0.39, 0.29) is 6.61 Å². The van der Waals surface area contributed by atoms with Crippen LogP contribution in [0.3, 0.4) is 0 Å². The first-order valence-electron chi connectivity index (χ1n) is 6.73. The van der Waals surface area contributed by atoms with E-state index >= 15 is 0 Å². The van der Waals surface area contributed by atoms with Gasteiger partial charge in [0.2, 0.25) is 0 Å². The Morgan fingerprint density at radius 3 is 2.48 bits per heavy atom. The average Bonchev–Trinajstić information content (AvgIpc) is 2.67. The summed E-state index contributed by atoms with van der Waals surface area (Å²) < 4.78 is 10.7. The Balaban J connectivity index is 2.05. The highest BCUT2D eigenvalue weighted by Crippen LogP contribution is 2.32. The number of nitrogens with zero attached hydrogens (tertiary/aromatic N) is 1. The van der Waals surface area contributed by atoms with E-state index < -0.39 is 29.9 Å². The molecule has 0 radical (unpaired) electrons. The van der Waals surface area contributed by atoms with Crippen molar-refractivity contribution in [2.75, 3.05) is 0 Å². The van der Waals surface area contributed by atoms with Crippen LogP contribution in [0.15, 0.2) is 30.3 Å². The van der Waals surface area contributed by atoms with Crippen molar-refractivity contribution >= 4 is 12.1 Å². The zero-order valence-corrected chi connectivity index (χ0v) is 12.3. The highest BCUT2D eigenvalue weighted by atomic mass is 16.6. The number of rotatable bonds is 3. The van der Waals surface area contributed by atoms with Gasteiger partial charge in [0.05, 0.1) is 6.04 Å². The van der Waals surface area contributed by atoms with Crippen LogP contribution in [0.25, 0.3) is 0 Å². The number of amides is 1. The summed E-state index contributed by atoms with van der Waals surface area (Å²) in [6.07, 6.45) is -1.63. The van der Waals surface area contributed by atoms with Gasteiger partial charge in [0, 0.05) is 0 Å². The lowest BCUT2D eigenvalue weighted by atomic mass is 10.1. The number of hydrogen-bond donors (Lipinski definition) is 1. The van der Waals surface area contributed by atoms with Crippen molar-refractivity contribution in [1.29, 1.82) is 0 Å². The third-order valence-electron chi connectivity index (χ3n) is 3.49. The van der Waals surface area contributed by atoms with E-state index in [0.29, 0.717) is 0 Å². The van der Waals surface area contributed by atoms with Crippen LogP contribution in [-0.2, 0) is 20.9 Å². The molecule has 6 heteroatoms. The number of hydrogen-bond acceptors (Lipinski definition) is 4. The van der Waals surface area contributed by atoms with Crippen molar-refractivity contribution in [3.63, 3.8) is 0 Å². The number of benzene rings is 1. The summed E-state index contributed by atoms with van der Waals surface area (Å²) >= 11 is 0. The summed E-state index contributed by atoms with van der Waals surface area (Å²) in [6, 6.07) is 8.69. The SMILES string of the molecule is C[C@H]1[C@@H](C(=O)O)OC(C)(C)N1C(=O)OCc1ccccc1. The van der Waals surface area contributed by atoms with Crippen molar-refractivity contribution in [3.05, 3.63) is 35.9 Å². The molecule has 0 saturated carbocycles. The maximum atomic E-state index is 12.2. The van der Waals surface area contributed by atoms with Crippen LogP contribution in [0.2, 0.25) is 0 Å². The quantitative estimate of drug-likeness (QED) is 0.925. The van der Waals surface area contributed by atoms with Gasteiger partial charge in [0.25, 0.3) is 0 Å². The van der Waals surface area contributed by atoms with Gasteiger partial charge in [-0.1, -0.05) is 30.3 Å². The third-order valence-corrected chi connectivity index (χ3v) is 3.49. The first kappa shape index (κ1) is 15.3. The monoisotopic (exact) mass is 293 g/mol. The molecular formula is C15H19NO5. The normalized spacial score (nSPS) is 23.9. The van der Waals surface area contributed by atoms with Gasteiger partial charge in [-0.05, 0) is 26.3 Å². The van der Waals surface area contributed by atoms with Crippen molar-refractivity contribution in [1.82, 2.24) is 4.90 Å². The highest BCUT2D eigenvalue weighted by Gasteiger charge is 2.51. The van der Waals surface area contributed by atoms with E-state index in [2.05, 4.69) is 0 Å². The van der Waals surface area contributed by atoms with Gasteiger partial charge < -0.3 is 14.6 Å². The second-order valence-electron chi connectivity index (χ2n) is 5.47. The molecular weight excluding hydrogens is 274 g/mol. The van der Waals surface area contributed by atoms with Crippen LogP contribution in [-0.4, -0.2) is 39.9 Å². The molecule has 0 unspecified atom stereocenters. The maximum absolute atomic E-state index is 12.2. The molecule has 0 aliphatic carbocycles. The van der Waals surface area contributed by atoms with Gasteiger partial charge in [-0.25, -0.2) is 9.59 Å². The zero-order chi connectivity index (χ0) is 15.6. The average molecular weight is 293 g/mol. The number of carbonyl (C=O) groups excluding carboxylic acids is 1. The lowest BCUT2D eigenvalue weighted by Gasteiger charge is -2.31. The third kappa shape index (κ3) is 3.16. The summed E-state index contributed by atoms with van der Waals surface area (Å²) in [5.74, 6) is -1.09.